The Labute approximate surface area is 123 Å². The first kappa shape index (κ1) is 13.2. The van der Waals surface area contributed by atoms with Crippen molar-refractivity contribution in [2.45, 2.75) is 6.54 Å². The number of aromatic nitrogens is 3. The number of hydrogen-bond donors (Lipinski definition) is 1. The van der Waals surface area contributed by atoms with Crippen LogP contribution >= 0.6 is 0 Å². The van der Waals surface area contributed by atoms with Crippen LogP contribution in [-0.4, -0.2) is 21.6 Å². The second kappa shape index (κ2) is 5.66. The molecule has 0 saturated heterocycles. The van der Waals surface area contributed by atoms with Gasteiger partial charge in [0, 0.05) is 35.4 Å². The van der Waals surface area contributed by atoms with E-state index in [1.807, 2.05) is 42.6 Å². The number of nitrogens with zero attached hydrogens (tertiary/aromatic N) is 3. The third kappa shape index (κ3) is 2.72. The van der Waals surface area contributed by atoms with Crippen molar-refractivity contribution < 1.29 is 4.74 Å². The number of benzene rings is 1. The molecule has 0 fully saturated rings. The van der Waals surface area contributed by atoms with Crippen LogP contribution in [0.15, 0.2) is 55.0 Å². The Kier molecular flexibility index (Phi) is 3.55. The van der Waals surface area contributed by atoms with E-state index in [4.69, 9.17) is 10.5 Å². The molecule has 5 heteroatoms. The molecule has 3 rings (SSSR count). The topological polar surface area (TPSA) is 66.0 Å². The highest BCUT2D eigenvalue weighted by atomic mass is 16.5. The van der Waals surface area contributed by atoms with Crippen molar-refractivity contribution in [3.05, 3.63) is 60.6 Å². The summed E-state index contributed by atoms with van der Waals surface area (Å²) in [5.41, 5.74) is 8.50. The van der Waals surface area contributed by atoms with Crippen LogP contribution in [0.3, 0.4) is 0 Å². The molecule has 2 aromatic heterocycles. The van der Waals surface area contributed by atoms with E-state index in [0.717, 1.165) is 22.6 Å². The SMILES string of the molecule is COc1ncccc1Cn1ccnc1-c1ccc(N)cc1. The summed E-state index contributed by atoms with van der Waals surface area (Å²) in [5, 5.41) is 0. The van der Waals surface area contributed by atoms with Gasteiger partial charge in [-0.1, -0.05) is 6.07 Å². The first-order valence-corrected chi connectivity index (χ1v) is 6.63. The minimum Gasteiger partial charge on any atom is -0.481 e. The van der Waals surface area contributed by atoms with E-state index in [-0.39, 0.29) is 0 Å². The number of ether oxygens (including phenoxy) is 1. The van der Waals surface area contributed by atoms with E-state index in [1.54, 1.807) is 19.5 Å². The molecule has 5 nitrogen and oxygen atoms in total. The molecule has 0 aliphatic heterocycles. The average Bonchev–Trinajstić information content (AvgIpc) is 2.97. The highest BCUT2D eigenvalue weighted by Crippen LogP contribution is 2.22. The Balaban J connectivity index is 1.94. The zero-order chi connectivity index (χ0) is 14.7. The van der Waals surface area contributed by atoms with Crippen LogP contribution in [0.5, 0.6) is 5.88 Å². The molecule has 0 radical (unpaired) electrons. The van der Waals surface area contributed by atoms with Gasteiger partial charge in [0.2, 0.25) is 5.88 Å². The molecule has 2 heterocycles. The average molecular weight is 280 g/mol. The fourth-order valence-corrected chi connectivity index (χ4v) is 2.24. The molecule has 0 saturated carbocycles. The Morgan fingerprint density at radius 3 is 2.67 bits per heavy atom. The summed E-state index contributed by atoms with van der Waals surface area (Å²) in [6.07, 6.45) is 5.45. The van der Waals surface area contributed by atoms with E-state index >= 15 is 0 Å². The first-order chi connectivity index (χ1) is 10.3. The molecule has 106 valence electrons. The summed E-state index contributed by atoms with van der Waals surface area (Å²) in [5.74, 6) is 1.52. The van der Waals surface area contributed by atoms with Crippen LogP contribution in [0.2, 0.25) is 0 Å². The maximum absolute atomic E-state index is 5.73. The normalized spacial score (nSPS) is 10.5. The van der Waals surface area contributed by atoms with E-state index in [9.17, 15) is 0 Å². The maximum atomic E-state index is 5.73. The summed E-state index contributed by atoms with van der Waals surface area (Å²) >= 11 is 0. The van der Waals surface area contributed by atoms with E-state index in [1.165, 1.54) is 0 Å². The summed E-state index contributed by atoms with van der Waals surface area (Å²) in [6, 6.07) is 11.6. The lowest BCUT2D eigenvalue weighted by Gasteiger charge is -2.10. The number of nitrogens with two attached hydrogens (primary N) is 1. The third-order valence-corrected chi connectivity index (χ3v) is 3.27. The second-order valence-corrected chi connectivity index (χ2v) is 4.67. The Hall–Kier alpha value is -2.82. The first-order valence-electron chi connectivity index (χ1n) is 6.63. The van der Waals surface area contributed by atoms with E-state index in [2.05, 4.69) is 14.5 Å². The molecule has 0 aliphatic carbocycles. The monoisotopic (exact) mass is 280 g/mol. The zero-order valence-corrected chi connectivity index (χ0v) is 11.7. The number of anilines is 1. The van der Waals surface area contributed by atoms with Crippen LogP contribution in [0.25, 0.3) is 11.4 Å². The highest BCUT2D eigenvalue weighted by Gasteiger charge is 2.09. The van der Waals surface area contributed by atoms with Gasteiger partial charge in [-0.05, 0) is 30.3 Å². The summed E-state index contributed by atoms with van der Waals surface area (Å²) < 4.78 is 7.35. The van der Waals surface area contributed by atoms with Gasteiger partial charge in [0.15, 0.2) is 0 Å². The van der Waals surface area contributed by atoms with Crippen molar-refractivity contribution in [2.75, 3.05) is 12.8 Å². The Morgan fingerprint density at radius 1 is 1.10 bits per heavy atom. The predicted molar refractivity (Wildman–Crippen MR) is 82.0 cm³/mol. The van der Waals surface area contributed by atoms with Gasteiger partial charge in [-0.3, -0.25) is 0 Å². The Morgan fingerprint density at radius 2 is 1.90 bits per heavy atom. The van der Waals surface area contributed by atoms with E-state index < -0.39 is 0 Å². The van der Waals surface area contributed by atoms with Crippen LogP contribution < -0.4 is 10.5 Å². The van der Waals surface area contributed by atoms with Gasteiger partial charge < -0.3 is 15.0 Å². The Bertz CT molecular complexity index is 734. The van der Waals surface area contributed by atoms with Crippen molar-refractivity contribution in [2.24, 2.45) is 0 Å². The smallest absolute Gasteiger partial charge is 0.218 e. The molecule has 21 heavy (non-hydrogen) atoms. The number of methoxy groups -OCH3 is 1. The fraction of sp³-hybridized carbons (Fsp3) is 0.125. The molecule has 0 bridgehead atoms. The fourth-order valence-electron chi connectivity index (χ4n) is 2.24. The maximum Gasteiger partial charge on any atom is 0.218 e. The summed E-state index contributed by atoms with van der Waals surface area (Å²) in [6.45, 7) is 0.650. The largest absolute Gasteiger partial charge is 0.481 e. The number of rotatable bonds is 4. The van der Waals surface area contributed by atoms with Crippen molar-refractivity contribution in [1.29, 1.82) is 0 Å². The van der Waals surface area contributed by atoms with Crippen molar-refractivity contribution in [3.8, 4) is 17.3 Å². The van der Waals surface area contributed by atoms with Gasteiger partial charge in [0.05, 0.1) is 13.7 Å². The van der Waals surface area contributed by atoms with Crippen LogP contribution in [-0.2, 0) is 6.54 Å². The lowest BCUT2D eigenvalue weighted by Crippen LogP contribution is -2.04. The molecule has 0 atom stereocenters. The molecule has 0 spiro atoms. The van der Waals surface area contributed by atoms with Crippen molar-refractivity contribution >= 4 is 5.69 Å². The van der Waals surface area contributed by atoms with Crippen molar-refractivity contribution in [1.82, 2.24) is 14.5 Å². The number of nitrogen functional groups attached to an aromatic ring is 1. The lowest BCUT2D eigenvalue weighted by atomic mass is 10.2. The predicted octanol–water partition coefficient (Wildman–Crippen LogP) is 2.58. The minimum absolute atomic E-state index is 0.634. The van der Waals surface area contributed by atoms with Gasteiger partial charge in [0.1, 0.15) is 5.82 Å². The molecular formula is C16H16N4O. The number of imidazole rings is 1. The molecule has 1 aromatic carbocycles. The molecule has 0 amide bonds. The van der Waals surface area contributed by atoms with Gasteiger partial charge in [0.25, 0.3) is 0 Å². The molecule has 2 N–H and O–H groups in total. The van der Waals surface area contributed by atoms with Crippen molar-refractivity contribution in [3.63, 3.8) is 0 Å². The molecule has 0 unspecified atom stereocenters. The van der Waals surface area contributed by atoms with Gasteiger partial charge in [-0.25, -0.2) is 9.97 Å². The molecular weight excluding hydrogens is 264 g/mol. The number of pyridine rings is 1. The van der Waals surface area contributed by atoms with Gasteiger partial charge >= 0.3 is 0 Å². The standard InChI is InChI=1S/C16H16N4O/c1-21-16-13(3-2-8-19-16)11-20-10-9-18-15(20)12-4-6-14(17)7-5-12/h2-10H,11,17H2,1H3. The van der Waals surface area contributed by atoms with Crippen LogP contribution in [0, 0.1) is 0 Å². The molecule has 3 aromatic rings. The van der Waals surface area contributed by atoms with Crippen LogP contribution in [0.4, 0.5) is 5.69 Å². The quantitative estimate of drug-likeness (QED) is 0.746. The van der Waals surface area contributed by atoms with E-state index in [0.29, 0.717) is 12.4 Å². The lowest BCUT2D eigenvalue weighted by molar-refractivity contribution is 0.391. The third-order valence-electron chi connectivity index (χ3n) is 3.27. The second-order valence-electron chi connectivity index (χ2n) is 4.67. The number of hydrogen-bond acceptors (Lipinski definition) is 4. The van der Waals surface area contributed by atoms with Gasteiger partial charge in [-0.15, -0.1) is 0 Å². The van der Waals surface area contributed by atoms with Gasteiger partial charge in [-0.2, -0.15) is 0 Å². The summed E-state index contributed by atoms with van der Waals surface area (Å²) in [7, 11) is 1.63. The molecule has 0 aliphatic rings. The zero-order valence-electron chi connectivity index (χ0n) is 11.7. The summed E-state index contributed by atoms with van der Waals surface area (Å²) in [4.78, 5) is 8.65. The van der Waals surface area contributed by atoms with Crippen LogP contribution in [0.1, 0.15) is 5.56 Å². The minimum atomic E-state index is 0.634. The highest BCUT2D eigenvalue weighted by molar-refractivity contribution is 5.59.